The summed E-state index contributed by atoms with van der Waals surface area (Å²) in [7, 11) is 5.62. The minimum atomic E-state index is -0.490. The number of hydrogen-bond donors (Lipinski definition) is 1. The SMILES string of the molecule is CCCN(CCNC(=NC)N(C)Cc1cnn(C)c1)C(=O)OC(C)(C)C.I. The Balaban J connectivity index is 0.00000676. The molecule has 156 valence electrons. The molecule has 1 amide bonds. The van der Waals surface area contributed by atoms with Crippen LogP contribution in [0.5, 0.6) is 0 Å². The molecule has 1 rings (SSSR count). The van der Waals surface area contributed by atoms with Crippen LogP contribution in [-0.2, 0) is 18.3 Å². The number of aromatic nitrogens is 2. The smallest absolute Gasteiger partial charge is 0.410 e. The predicted octanol–water partition coefficient (Wildman–Crippen LogP) is 2.69. The van der Waals surface area contributed by atoms with Crippen LogP contribution in [-0.4, -0.2) is 71.0 Å². The number of nitrogens with zero attached hydrogens (tertiary/aromatic N) is 5. The molecule has 27 heavy (non-hydrogen) atoms. The molecule has 1 aromatic heterocycles. The second-order valence-corrected chi connectivity index (χ2v) is 7.32. The summed E-state index contributed by atoms with van der Waals surface area (Å²) in [5.41, 5.74) is 0.621. The van der Waals surface area contributed by atoms with E-state index < -0.39 is 5.60 Å². The summed E-state index contributed by atoms with van der Waals surface area (Å²) >= 11 is 0. The number of aliphatic imine (C=N–C) groups is 1. The first-order chi connectivity index (χ1) is 12.2. The lowest BCUT2D eigenvalue weighted by Gasteiger charge is -2.28. The molecule has 0 bridgehead atoms. The topological polar surface area (TPSA) is 75.0 Å². The molecule has 0 aliphatic heterocycles. The van der Waals surface area contributed by atoms with E-state index in [0.717, 1.165) is 17.9 Å². The van der Waals surface area contributed by atoms with Gasteiger partial charge in [0.1, 0.15) is 5.60 Å². The number of guanidine groups is 1. The van der Waals surface area contributed by atoms with Gasteiger partial charge in [-0.2, -0.15) is 5.10 Å². The van der Waals surface area contributed by atoms with E-state index in [1.165, 1.54) is 0 Å². The Morgan fingerprint density at radius 1 is 1.37 bits per heavy atom. The highest BCUT2D eigenvalue weighted by Gasteiger charge is 2.21. The Labute approximate surface area is 180 Å². The van der Waals surface area contributed by atoms with E-state index in [-0.39, 0.29) is 30.1 Å². The number of rotatable bonds is 7. The van der Waals surface area contributed by atoms with Gasteiger partial charge in [0.2, 0.25) is 0 Å². The lowest BCUT2D eigenvalue weighted by molar-refractivity contribution is 0.0253. The van der Waals surface area contributed by atoms with E-state index in [1.807, 2.05) is 59.1 Å². The number of carbonyl (C=O) groups is 1. The van der Waals surface area contributed by atoms with E-state index in [9.17, 15) is 4.79 Å². The van der Waals surface area contributed by atoms with Crippen LogP contribution in [0.3, 0.4) is 0 Å². The van der Waals surface area contributed by atoms with Gasteiger partial charge in [0, 0.05) is 59.1 Å². The van der Waals surface area contributed by atoms with Crippen molar-refractivity contribution in [3.63, 3.8) is 0 Å². The summed E-state index contributed by atoms with van der Waals surface area (Å²) in [4.78, 5) is 20.4. The number of halogens is 1. The first-order valence-electron chi connectivity index (χ1n) is 9.03. The van der Waals surface area contributed by atoms with Crippen molar-refractivity contribution in [2.75, 3.05) is 33.7 Å². The van der Waals surface area contributed by atoms with Crippen molar-refractivity contribution in [2.45, 2.75) is 46.3 Å². The molecule has 0 aromatic carbocycles. The molecular weight excluding hydrogens is 459 g/mol. The number of nitrogens with one attached hydrogen (secondary N) is 1. The van der Waals surface area contributed by atoms with Crippen LogP contribution in [0.15, 0.2) is 17.4 Å². The van der Waals surface area contributed by atoms with Crippen LogP contribution in [0.2, 0.25) is 0 Å². The Hall–Kier alpha value is -1.52. The number of carbonyl (C=O) groups excluding carboxylic acids is 1. The van der Waals surface area contributed by atoms with Gasteiger partial charge in [-0.15, -0.1) is 24.0 Å². The van der Waals surface area contributed by atoms with Crippen molar-refractivity contribution in [3.05, 3.63) is 18.0 Å². The van der Waals surface area contributed by atoms with Gasteiger partial charge in [0.25, 0.3) is 0 Å². The Morgan fingerprint density at radius 3 is 2.52 bits per heavy atom. The molecule has 0 spiro atoms. The third-order valence-corrected chi connectivity index (χ3v) is 3.56. The molecule has 0 radical (unpaired) electrons. The van der Waals surface area contributed by atoms with Crippen molar-refractivity contribution in [1.82, 2.24) is 24.9 Å². The molecule has 9 heteroatoms. The zero-order valence-electron chi connectivity index (χ0n) is 17.7. The fourth-order valence-electron chi connectivity index (χ4n) is 2.48. The second-order valence-electron chi connectivity index (χ2n) is 7.32. The third kappa shape index (κ3) is 9.83. The average molecular weight is 494 g/mol. The summed E-state index contributed by atoms with van der Waals surface area (Å²) in [6.07, 6.45) is 4.43. The lowest BCUT2D eigenvalue weighted by atomic mass is 10.2. The van der Waals surface area contributed by atoms with Crippen LogP contribution in [0.25, 0.3) is 0 Å². The first kappa shape index (κ1) is 25.5. The van der Waals surface area contributed by atoms with Gasteiger partial charge in [0.05, 0.1) is 6.20 Å². The highest BCUT2D eigenvalue weighted by atomic mass is 127. The van der Waals surface area contributed by atoms with Crippen LogP contribution in [0.1, 0.15) is 39.7 Å². The average Bonchev–Trinajstić information content (AvgIpc) is 2.93. The summed E-state index contributed by atoms with van der Waals surface area (Å²) in [6.45, 7) is 10.2. The van der Waals surface area contributed by atoms with E-state index in [0.29, 0.717) is 26.2 Å². The quantitative estimate of drug-likeness (QED) is 0.359. The van der Waals surface area contributed by atoms with Crippen molar-refractivity contribution < 1.29 is 9.53 Å². The van der Waals surface area contributed by atoms with E-state index >= 15 is 0 Å². The van der Waals surface area contributed by atoms with Crippen molar-refractivity contribution >= 4 is 36.0 Å². The van der Waals surface area contributed by atoms with Crippen LogP contribution >= 0.6 is 24.0 Å². The normalized spacial score (nSPS) is 11.6. The van der Waals surface area contributed by atoms with Gasteiger partial charge in [-0.05, 0) is 27.2 Å². The van der Waals surface area contributed by atoms with E-state index in [1.54, 1.807) is 16.6 Å². The minimum Gasteiger partial charge on any atom is -0.444 e. The molecule has 0 aliphatic rings. The van der Waals surface area contributed by atoms with Crippen molar-refractivity contribution in [2.24, 2.45) is 12.0 Å². The zero-order valence-corrected chi connectivity index (χ0v) is 20.0. The molecule has 0 unspecified atom stereocenters. The fourth-order valence-corrected chi connectivity index (χ4v) is 2.48. The Bertz CT molecular complexity index is 597. The number of amides is 1. The monoisotopic (exact) mass is 494 g/mol. The van der Waals surface area contributed by atoms with Crippen LogP contribution in [0, 0.1) is 0 Å². The molecule has 1 heterocycles. The third-order valence-electron chi connectivity index (χ3n) is 3.56. The first-order valence-corrected chi connectivity index (χ1v) is 9.03. The molecule has 0 atom stereocenters. The number of ether oxygens (including phenoxy) is 1. The highest BCUT2D eigenvalue weighted by molar-refractivity contribution is 14.0. The second kappa shape index (κ2) is 12.0. The Morgan fingerprint density at radius 2 is 2.04 bits per heavy atom. The van der Waals surface area contributed by atoms with Crippen molar-refractivity contribution in [3.8, 4) is 0 Å². The van der Waals surface area contributed by atoms with Gasteiger partial charge in [-0.3, -0.25) is 9.67 Å². The largest absolute Gasteiger partial charge is 0.444 e. The molecule has 0 aliphatic carbocycles. The number of hydrogen-bond acceptors (Lipinski definition) is 4. The molecule has 8 nitrogen and oxygen atoms in total. The fraction of sp³-hybridized carbons (Fsp3) is 0.722. The molecular formula is C18H35IN6O2. The van der Waals surface area contributed by atoms with Gasteiger partial charge in [0.15, 0.2) is 5.96 Å². The Kier molecular flexibility index (Phi) is 11.4. The standard InChI is InChI=1S/C18H34N6O2.HI/c1-8-10-24(17(25)26-18(2,3)4)11-9-20-16(19-5)22(6)13-15-12-21-23(7)14-15;/h12,14H,8-11,13H2,1-7H3,(H,19,20);1H. The highest BCUT2D eigenvalue weighted by Crippen LogP contribution is 2.10. The van der Waals surface area contributed by atoms with Gasteiger partial charge >= 0.3 is 6.09 Å². The molecule has 1 N–H and O–H groups in total. The van der Waals surface area contributed by atoms with E-state index in [2.05, 4.69) is 15.4 Å². The summed E-state index contributed by atoms with van der Waals surface area (Å²) in [5.74, 6) is 0.773. The van der Waals surface area contributed by atoms with E-state index in [4.69, 9.17) is 4.74 Å². The van der Waals surface area contributed by atoms with Crippen molar-refractivity contribution in [1.29, 1.82) is 0 Å². The van der Waals surface area contributed by atoms with Gasteiger partial charge < -0.3 is 19.9 Å². The maximum Gasteiger partial charge on any atom is 0.410 e. The zero-order chi connectivity index (χ0) is 19.7. The molecule has 0 saturated carbocycles. The predicted molar refractivity (Wildman–Crippen MR) is 120 cm³/mol. The lowest BCUT2D eigenvalue weighted by Crippen LogP contribution is -2.44. The summed E-state index contributed by atoms with van der Waals surface area (Å²) in [5, 5.41) is 7.48. The molecule has 0 saturated heterocycles. The summed E-state index contributed by atoms with van der Waals surface area (Å²) < 4.78 is 7.25. The van der Waals surface area contributed by atoms with Crippen LogP contribution in [0.4, 0.5) is 4.79 Å². The van der Waals surface area contributed by atoms with Gasteiger partial charge in [-0.1, -0.05) is 6.92 Å². The maximum atomic E-state index is 12.3. The molecule has 1 aromatic rings. The van der Waals surface area contributed by atoms with Gasteiger partial charge in [-0.25, -0.2) is 4.79 Å². The minimum absolute atomic E-state index is 0. The number of aryl methyl sites for hydroxylation is 1. The molecule has 0 fully saturated rings. The summed E-state index contributed by atoms with van der Waals surface area (Å²) in [6, 6.07) is 0. The maximum absolute atomic E-state index is 12.3. The van der Waals surface area contributed by atoms with Crippen LogP contribution < -0.4 is 5.32 Å².